The smallest absolute Gasteiger partial charge is 0.201 e. The molecule has 0 radical (unpaired) electrons. The van der Waals surface area contributed by atoms with Crippen LogP contribution in [0.2, 0.25) is 0 Å². The van der Waals surface area contributed by atoms with Crippen LogP contribution in [-0.4, -0.2) is 6.61 Å². The number of hydrogen-bond acceptors (Lipinski definition) is 1. The van der Waals surface area contributed by atoms with E-state index < -0.39 is 17.5 Å². The molecule has 0 aliphatic rings. The van der Waals surface area contributed by atoms with E-state index in [0.717, 1.165) is 0 Å². The van der Waals surface area contributed by atoms with E-state index in [1.54, 1.807) is 25.1 Å². The number of ether oxygens (including phenoxy) is 1. The minimum atomic E-state index is -1.11. The summed E-state index contributed by atoms with van der Waals surface area (Å²) >= 11 is 0. The zero-order valence-corrected chi connectivity index (χ0v) is 11.8. The Morgan fingerprint density at radius 3 is 2.33 bits per heavy atom. The van der Waals surface area contributed by atoms with Crippen LogP contribution >= 0.6 is 0 Å². The van der Waals surface area contributed by atoms with Gasteiger partial charge in [0, 0.05) is 11.1 Å². The van der Waals surface area contributed by atoms with Crippen LogP contribution < -0.4 is 4.74 Å². The maximum Gasteiger partial charge on any atom is 0.201 e. The number of halogens is 3. The lowest BCUT2D eigenvalue weighted by Gasteiger charge is -2.10. The molecule has 0 fully saturated rings. The molecule has 4 heteroatoms. The van der Waals surface area contributed by atoms with Gasteiger partial charge in [-0.1, -0.05) is 24.3 Å². The molecule has 110 valence electrons. The van der Waals surface area contributed by atoms with Crippen molar-refractivity contribution in [2.24, 2.45) is 0 Å². The highest BCUT2D eigenvalue weighted by Gasteiger charge is 2.17. The van der Waals surface area contributed by atoms with Gasteiger partial charge in [0.05, 0.1) is 6.61 Å². The van der Waals surface area contributed by atoms with Gasteiger partial charge in [0.25, 0.3) is 0 Å². The average molecular weight is 292 g/mol. The van der Waals surface area contributed by atoms with E-state index >= 15 is 0 Å². The Hall–Kier alpha value is -2.23. The van der Waals surface area contributed by atoms with E-state index in [0.29, 0.717) is 5.56 Å². The van der Waals surface area contributed by atoms with Crippen LogP contribution in [0, 0.1) is 17.5 Å². The summed E-state index contributed by atoms with van der Waals surface area (Å²) in [5.41, 5.74) is 0.550. The van der Waals surface area contributed by atoms with Crippen molar-refractivity contribution >= 4 is 6.08 Å². The van der Waals surface area contributed by atoms with Crippen molar-refractivity contribution in [1.29, 1.82) is 0 Å². The van der Waals surface area contributed by atoms with Gasteiger partial charge in [0.1, 0.15) is 5.82 Å². The van der Waals surface area contributed by atoms with Crippen LogP contribution in [0.1, 0.15) is 19.4 Å². The summed E-state index contributed by atoms with van der Waals surface area (Å²) in [6.45, 7) is 3.71. The zero-order chi connectivity index (χ0) is 15.4. The summed E-state index contributed by atoms with van der Waals surface area (Å²) < 4.78 is 46.9. The van der Waals surface area contributed by atoms with Crippen LogP contribution in [0.4, 0.5) is 13.2 Å². The number of rotatable bonds is 4. The third-order valence-corrected chi connectivity index (χ3v) is 2.99. The van der Waals surface area contributed by atoms with E-state index in [9.17, 15) is 13.2 Å². The van der Waals surface area contributed by atoms with Gasteiger partial charge in [-0.3, -0.25) is 0 Å². The maximum absolute atomic E-state index is 14.1. The van der Waals surface area contributed by atoms with E-state index in [2.05, 4.69) is 0 Å². The predicted molar refractivity (Wildman–Crippen MR) is 77.6 cm³/mol. The lowest BCUT2D eigenvalue weighted by atomic mass is 10.0. The van der Waals surface area contributed by atoms with Gasteiger partial charge >= 0.3 is 0 Å². The summed E-state index contributed by atoms with van der Waals surface area (Å²) in [6, 6.07) is 6.98. The Balaban J connectivity index is 2.50. The molecule has 0 saturated heterocycles. The molecule has 2 rings (SSSR count). The van der Waals surface area contributed by atoms with E-state index in [4.69, 9.17) is 4.74 Å². The zero-order valence-electron chi connectivity index (χ0n) is 11.8. The predicted octanol–water partition coefficient (Wildman–Crippen LogP) is 5.20. The standard InChI is InChI=1S/C17H15F3O/c1-3-5-11-6-7-12(14(18)10-11)13-8-9-15(21-4-2)17(20)16(13)19/h3,5-10H,4H2,1-2H3/b5-3+. The SMILES string of the molecule is C/C=C/c1ccc(-c2ccc(OCC)c(F)c2F)c(F)c1. The van der Waals surface area contributed by atoms with Crippen LogP contribution in [0.15, 0.2) is 36.4 Å². The van der Waals surface area contributed by atoms with Crippen molar-refractivity contribution in [3.63, 3.8) is 0 Å². The summed E-state index contributed by atoms with van der Waals surface area (Å²) in [6.07, 6.45) is 3.49. The second kappa shape index (κ2) is 6.48. The van der Waals surface area contributed by atoms with Crippen molar-refractivity contribution in [1.82, 2.24) is 0 Å². The van der Waals surface area contributed by atoms with Crippen molar-refractivity contribution in [3.8, 4) is 16.9 Å². The fraction of sp³-hybridized carbons (Fsp3) is 0.176. The molecule has 0 atom stereocenters. The topological polar surface area (TPSA) is 9.23 Å². The molecular weight excluding hydrogens is 277 g/mol. The molecular formula is C17H15F3O. The highest BCUT2D eigenvalue weighted by molar-refractivity contribution is 5.68. The van der Waals surface area contributed by atoms with Gasteiger partial charge in [-0.15, -0.1) is 0 Å². The molecule has 0 N–H and O–H groups in total. The lowest BCUT2D eigenvalue weighted by Crippen LogP contribution is -1.99. The lowest BCUT2D eigenvalue weighted by molar-refractivity contribution is 0.314. The van der Waals surface area contributed by atoms with Crippen LogP contribution in [0.25, 0.3) is 17.2 Å². The monoisotopic (exact) mass is 292 g/mol. The Kier molecular flexibility index (Phi) is 4.68. The number of hydrogen-bond donors (Lipinski definition) is 0. The fourth-order valence-electron chi connectivity index (χ4n) is 2.05. The van der Waals surface area contributed by atoms with Gasteiger partial charge < -0.3 is 4.74 Å². The van der Waals surface area contributed by atoms with Gasteiger partial charge in [-0.05, 0) is 37.6 Å². The first-order valence-electron chi connectivity index (χ1n) is 6.61. The van der Waals surface area contributed by atoms with Gasteiger partial charge in [-0.2, -0.15) is 4.39 Å². The molecule has 0 aromatic heterocycles. The molecule has 2 aromatic carbocycles. The average Bonchev–Trinajstić information content (AvgIpc) is 2.46. The molecule has 0 unspecified atom stereocenters. The summed E-state index contributed by atoms with van der Waals surface area (Å²) in [5, 5.41) is 0. The first kappa shape index (κ1) is 15.2. The number of benzene rings is 2. The van der Waals surface area contributed by atoms with Gasteiger partial charge in [0.15, 0.2) is 11.6 Å². The molecule has 0 heterocycles. The molecule has 0 aliphatic carbocycles. The van der Waals surface area contributed by atoms with Crippen molar-refractivity contribution < 1.29 is 17.9 Å². The normalized spacial score (nSPS) is 11.1. The van der Waals surface area contributed by atoms with Crippen LogP contribution in [0.5, 0.6) is 5.75 Å². The third kappa shape index (κ3) is 3.10. The first-order chi connectivity index (χ1) is 10.1. The Labute approximate surface area is 121 Å². The quantitative estimate of drug-likeness (QED) is 0.752. The largest absolute Gasteiger partial charge is 0.491 e. The maximum atomic E-state index is 14.1. The summed E-state index contributed by atoms with van der Waals surface area (Å²) in [5.74, 6) is -3.00. The summed E-state index contributed by atoms with van der Waals surface area (Å²) in [4.78, 5) is 0. The minimum absolute atomic E-state index is 0.0164. The Morgan fingerprint density at radius 1 is 1.00 bits per heavy atom. The second-order valence-corrected chi connectivity index (χ2v) is 4.41. The van der Waals surface area contributed by atoms with E-state index in [1.165, 1.54) is 24.3 Å². The van der Waals surface area contributed by atoms with Crippen molar-refractivity contribution in [2.75, 3.05) is 6.61 Å². The van der Waals surface area contributed by atoms with Crippen LogP contribution in [0.3, 0.4) is 0 Å². The first-order valence-corrected chi connectivity index (χ1v) is 6.61. The Morgan fingerprint density at radius 2 is 1.71 bits per heavy atom. The molecule has 1 nitrogen and oxygen atoms in total. The highest BCUT2D eigenvalue weighted by Crippen LogP contribution is 2.31. The molecule has 2 aromatic rings. The highest BCUT2D eigenvalue weighted by atomic mass is 19.2. The number of allylic oxidation sites excluding steroid dienone is 1. The van der Waals surface area contributed by atoms with Crippen LogP contribution in [-0.2, 0) is 0 Å². The molecule has 0 saturated carbocycles. The molecule has 0 spiro atoms. The van der Waals surface area contributed by atoms with Gasteiger partial charge in [0.2, 0.25) is 5.82 Å². The van der Waals surface area contributed by atoms with E-state index in [-0.39, 0.29) is 23.5 Å². The molecule has 0 aliphatic heterocycles. The minimum Gasteiger partial charge on any atom is -0.491 e. The molecule has 21 heavy (non-hydrogen) atoms. The summed E-state index contributed by atoms with van der Waals surface area (Å²) in [7, 11) is 0. The van der Waals surface area contributed by atoms with Crippen molar-refractivity contribution in [3.05, 3.63) is 59.4 Å². The molecule has 0 amide bonds. The van der Waals surface area contributed by atoms with E-state index in [1.807, 2.05) is 6.92 Å². The second-order valence-electron chi connectivity index (χ2n) is 4.41. The third-order valence-electron chi connectivity index (χ3n) is 2.99. The molecule has 0 bridgehead atoms. The van der Waals surface area contributed by atoms with Crippen molar-refractivity contribution in [2.45, 2.75) is 13.8 Å². The van der Waals surface area contributed by atoms with Gasteiger partial charge in [-0.25, -0.2) is 8.78 Å². The Bertz CT molecular complexity index is 678. The fourth-order valence-corrected chi connectivity index (χ4v) is 2.05.